The Morgan fingerprint density at radius 3 is 1.81 bits per heavy atom. The van der Waals surface area contributed by atoms with Gasteiger partial charge in [-0.3, -0.25) is 4.98 Å². The largest absolute Gasteiger partial charge is 0.443 e. The lowest BCUT2D eigenvalue weighted by Crippen LogP contribution is -2.43. The molecule has 0 aliphatic heterocycles. The predicted molar refractivity (Wildman–Crippen MR) is 105 cm³/mol. The van der Waals surface area contributed by atoms with Gasteiger partial charge < -0.3 is 9.47 Å². The van der Waals surface area contributed by atoms with Crippen LogP contribution in [0.5, 0.6) is 0 Å². The average Bonchev–Trinajstić information content (AvgIpc) is 2.52. The quantitative estimate of drug-likeness (QED) is 0.705. The molecule has 144 valence electrons. The summed E-state index contributed by atoms with van der Waals surface area (Å²) in [6, 6.07) is 11.3. The van der Waals surface area contributed by atoms with E-state index in [4.69, 9.17) is 9.47 Å². The summed E-state index contributed by atoms with van der Waals surface area (Å²) in [5.74, 6) is 0. The Kier molecular flexibility index (Phi) is 5.88. The van der Waals surface area contributed by atoms with Crippen LogP contribution in [-0.2, 0) is 9.47 Å². The number of hydrogen-bond donors (Lipinski definition) is 0. The van der Waals surface area contributed by atoms with Gasteiger partial charge in [0, 0.05) is 11.8 Å². The van der Waals surface area contributed by atoms with E-state index in [1.165, 1.54) is 6.20 Å². The molecule has 2 amide bonds. The van der Waals surface area contributed by atoms with E-state index in [0.717, 1.165) is 16.0 Å². The number of imide groups is 1. The number of carbonyl (C=O) groups is 2. The number of ether oxygens (including phenoxy) is 2. The number of benzene rings is 1. The Morgan fingerprint density at radius 2 is 1.33 bits per heavy atom. The Hall–Kier alpha value is -2.89. The lowest BCUT2D eigenvalue weighted by atomic mass is 10.1. The molecule has 0 saturated carbocycles. The smallest absolute Gasteiger partial charge is 0.424 e. The number of hydrogen-bond acceptors (Lipinski definition) is 5. The molecule has 0 radical (unpaired) electrons. The van der Waals surface area contributed by atoms with Gasteiger partial charge in [0.1, 0.15) is 11.2 Å². The molecule has 6 nitrogen and oxygen atoms in total. The number of anilines is 1. The normalized spacial score (nSPS) is 11.6. The Balaban J connectivity index is 2.44. The number of rotatable bonds is 2. The highest BCUT2D eigenvalue weighted by molar-refractivity contribution is 6.09. The van der Waals surface area contributed by atoms with Gasteiger partial charge in [-0.15, -0.1) is 0 Å². The lowest BCUT2D eigenvalue weighted by Gasteiger charge is -2.28. The van der Waals surface area contributed by atoms with Gasteiger partial charge >= 0.3 is 12.2 Å². The maximum Gasteiger partial charge on any atom is 0.424 e. The third-order valence-electron chi connectivity index (χ3n) is 3.24. The highest BCUT2D eigenvalue weighted by Gasteiger charge is 2.33. The van der Waals surface area contributed by atoms with Gasteiger partial charge in [0.2, 0.25) is 0 Å². The van der Waals surface area contributed by atoms with Crippen molar-refractivity contribution in [3.05, 3.63) is 48.8 Å². The molecule has 1 aromatic carbocycles. The van der Waals surface area contributed by atoms with E-state index >= 15 is 0 Å². The molecule has 0 saturated heterocycles. The number of carbonyl (C=O) groups excluding carboxylic acids is 2. The molecule has 2 aromatic rings. The molecule has 0 atom stereocenters. The first-order valence-corrected chi connectivity index (χ1v) is 8.73. The van der Waals surface area contributed by atoms with E-state index in [2.05, 4.69) is 4.98 Å². The second kappa shape index (κ2) is 7.78. The zero-order chi connectivity index (χ0) is 20.2. The van der Waals surface area contributed by atoms with Gasteiger partial charge in [0.25, 0.3) is 0 Å². The first kappa shape index (κ1) is 20.4. The van der Waals surface area contributed by atoms with Crippen LogP contribution in [0.25, 0.3) is 11.1 Å². The lowest BCUT2D eigenvalue weighted by molar-refractivity contribution is 0.0430. The minimum atomic E-state index is -0.816. The summed E-state index contributed by atoms with van der Waals surface area (Å²) in [6.45, 7) is 10.4. The molecule has 1 heterocycles. The fourth-order valence-corrected chi connectivity index (χ4v) is 2.24. The van der Waals surface area contributed by atoms with E-state index in [9.17, 15) is 9.59 Å². The van der Waals surface area contributed by atoms with Crippen LogP contribution in [0.4, 0.5) is 15.3 Å². The SMILES string of the molecule is CC(C)(C)OC(=O)N(C(=O)OC(C)(C)C)c1cncc(-c2ccccc2)c1. The number of amides is 2. The highest BCUT2D eigenvalue weighted by Crippen LogP contribution is 2.26. The van der Waals surface area contributed by atoms with E-state index in [1.54, 1.807) is 53.8 Å². The molecule has 0 bridgehead atoms. The van der Waals surface area contributed by atoms with Gasteiger partial charge in [0.05, 0.1) is 11.9 Å². The van der Waals surface area contributed by atoms with Crippen molar-refractivity contribution in [2.24, 2.45) is 0 Å². The van der Waals surface area contributed by atoms with Crippen molar-refractivity contribution in [1.29, 1.82) is 0 Å². The summed E-state index contributed by atoms with van der Waals surface area (Å²) in [7, 11) is 0. The fraction of sp³-hybridized carbons (Fsp3) is 0.381. The third-order valence-corrected chi connectivity index (χ3v) is 3.24. The molecular formula is C21H26N2O4. The monoisotopic (exact) mass is 370 g/mol. The van der Waals surface area contributed by atoms with Gasteiger partial charge in [-0.1, -0.05) is 30.3 Å². The third kappa shape index (κ3) is 6.09. The number of nitrogens with zero attached hydrogens (tertiary/aromatic N) is 2. The van der Waals surface area contributed by atoms with Crippen LogP contribution in [0.2, 0.25) is 0 Å². The van der Waals surface area contributed by atoms with Crippen molar-refractivity contribution in [2.75, 3.05) is 4.90 Å². The summed E-state index contributed by atoms with van der Waals surface area (Å²) >= 11 is 0. The Labute approximate surface area is 160 Å². The molecule has 0 unspecified atom stereocenters. The van der Waals surface area contributed by atoms with E-state index in [0.29, 0.717) is 0 Å². The van der Waals surface area contributed by atoms with Crippen molar-refractivity contribution in [3.63, 3.8) is 0 Å². The number of aromatic nitrogens is 1. The van der Waals surface area contributed by atoms with E-state index < -0.39 is 23.4 Å². The average molecular weight is 370 g/mol. The minimum Gasteiger partial charge on any atom is -0.443 e. The minimum absolute atomic E-state index is 0.278. The predicted octanol–water partition coefficient (Wildman–Crippen LogP) is 5.43. The molecule has 1 aromatic heterocycles. The highest BCUT2D eigenvalue weighted by atomic mass is 16.6. The zero-order valence-electron chi connectivity index (χ0n) is 16.6. The standard InChI is InChI=1S/C21H26N2O4/c1-20(2,3)26-18(24)23(19(25)27-21(4,5)6)17-12-16(13-22-14-17)15-10-8-7-9-11-15/h7-14H,1-6H3. The molecule has 27 heavy (non-hydrogen) atoms. The van der Waals surface area contributed by atoms with E-state index in [1.807, 2.05) is 30.3 Å². The first-order chi connectivity index (χ1) is 12.5. The van der Waals surface area contributed by atoms with Crippen molar-refractivity contribution in [2.45, 2.75) is 52.7 Å². The van der Waals surface area contributed by atoms with Gasteiger partial charge in [0.15, 0.2) is 0 Å². The second-order valence-electron chi connectivity index (χ2n) is 8.09. The Bertz CT molecular complexity index is 777. The van der Waals surface area contributed by atoms with Crippen molar-refractivity contribution in [1.82, 2.24) is 4.98 Å². The molecule has 0 aliphatic rings. The van der Waals surface area contributed by atoms with Crippen LogP contribution in [0.1, 0.15) is 41.5 Å². The second-order valence-corrected chi connectivity index (χ2v) is 8.09. The van der Waals surface area contributed by atoms with Crippen molar-refractivity contribution in [3.8, 4) is 11.1 Å². The molecule has 0 aliphatic carbocycles. The van der Waals surface area contributed by atoms with E-state index in [-0.39, 0.29) is 5.69 Å². The van der Waals surface area contributed by atoms with Crippen LogP contribution in [0, 0.1) is 0 Å². The molecule has 0 fully saturated rings. The van der Waals surface area contributed by atoms with Crippen molar-refractivity contribution < 1.29 is 19.1 Å². The van der Waals surface area contributed by atoms with Crippen molar-refractivity contribution >= 4 is 17.9 Å². The van der Waals surface area contributed by atoms with Gasteiger partial charge in [-0.05, 0) is 53.2 Å². The summed E-state index contributed by atoms with van der Waals surface area (Å²) in [5, 5.41) is 0. The fourth-order valence-electron chi connectivity index (χ4n) is 2.24. The molecule has 6 heteroatoms. The first-order valence-electron chi connectivity index (χ1n) is 8.73. The number of pyridine rings is 1. The van der Waals surface area contributed by atoms with Gasteiger partial charge in [-0.2, -0.15) is 4.90 Å². The van der Waals surface area contributed by atoms with Crippen LogP contribution >= 0.6 is 0 Å². The van der Waals surface area contributed by atoms with Gasteiger partial charge in [-0.25, -0.2) is 9.59 Å². The maximum absolute atomic E-state index is 12.7. The van der Waals surface area contributed by atoms with Crippen LogP contribution in [-0.4, -0.2) is 28.4 Å². The molecule has 0 N–H and O–H groups in total. The summed E-state index contributed by atoms with van der Waals surface area (Å²) in [6.07, 6.45) is 1.47. The Morgan fingerprint density at radius 1 is 0.815 bits per heavy atom. The summed E-state index contributed by atoms with van der Waals surface area (Å²) in [4.78, 5) is 30.5. The molecular weight excluding hydrogens is 344 g/mol. The molecule has 2 rings (SSSR count). The zero-order valence-corrected chi connectivity index (χ0v) is 16.6. The molecule has 0 spiro atoms. The summed E-state index contributed by atoms with van der Waals surface area (Å²) < 4.78 is 10.8. The summed E-state index contributed by atoms with van der Waals surface area (Å²) in [5.41, 5.74) is 0.439. The van der Waals surface area contributed by atoms with Crippen LogP contribution in [0.15, 0.2) is 48.8 Å². The maximum atomic E-state index is 12.7. The van der Waals surface area contributed by atoms with Crippen LogP contribution in [0.3, 0.4) is 0 Å². The topological polar surface area (TPSA) is 68.7 Å². The van der Waals surface area contributed by atoms with Crippen LogP contribution < -0.4 is 4.90 Å².